The van der Waals surface area contributed by atoms with Gasteiger partial charge in [-0.25, -0.2) is 0 Å². The third kappa shape index (κ3) is 5.23. The van der Waals surface area contributed by atoms with Gasteiger partial charge in [0.1, 0.15) is 5.75 Å². The Kier molecular flexibility index (Phi) is 4.59. The Morgan fingerprint density at radius 2 is 1.82 bits per heavy atom. The van der Waals surface area contributed by atoms with Crippen LogP contribution in [0.2, 0.25) is 0 Å². The standard InChI is InChI=1S/C9H12F2NO4P/c10-9(11)16-7-3-1-6(2-4-7)8(12)5-17(13,14)15/h1-4,8-9H,5,12H2,(H2,13,14,15). The number of alkyl halides is 2. The zero-order valence-corrected chi connectivity index (χ0v) is 9.56. The van der Waals surface area contributed by atoms with Crippen molar-refractivity contribution in [1.29, 1.82) is 0 Å². The first-order valence-corrected chi connectivity index (χ1v) is 6.42. The van der Waals surface area contributed by atoms with Crippen molar-refractivity contribution in [2.24, 2.45) is 5.73 Å². The van der Waals surface area contributed by atoms with E-state index in [0.29, 0.717) is 5.56 Å². The first kappa shape index (κ1) is 14.1. The zero-order chi connectivity index (χ0) is 13.1. The number of hydrogen-bond donors (Lipinski definition) is 3. The molecule has 4 N–H and O–H groups in total. The summed E-state index contributed by atoms with van der Waals surface area (Å²) in [7, 11) is -4.20. The van der Waals surface area contributed by atoms with Crippen LogP contribution in [-0.4, -0.2) is 22.6 Å². The Hall–Kier alpha value is -1.01. The summed E-state index contributed by atoms with van der Waals surface area (Å²) in [6.45, 7) is -2.91. The molecule has 1 unspecified atom stereocenters. The van der Waals surface area contributed by atoms with Crippen LogP contribution in [-0.2, 0) is 4.57 Å². The third-order valence-electron chi connectivity index (χ3n) is 1.97. The number of benzene rings is 1. The molecule has 0 saturated carbocycles. The molecule has 0 aliphatic carbocycles. The number of hydrogen-bond acceptors (Lipinski definition) is 3. The number of ether oxygens (including phenoxy) is 1. The van der Waals surface area contributed by atoms with Crippen LogP contribution in [0.4, 0.5) is 8.78 Å². The molecule has 0 saturated heterocycles. The first-order valence-electron chi connectivity index (χ1n) is 4.63. The van der Waals surface area contributed by atoms with Crippen LogP contribution in [0.5, 0.6) is 5.75 Å². The molecule has 0 heterocycles. The molecule has 96 valence electrons. The molecule has 1 aromatic carbocycles. The normalized spacial score (nSPS) is 13.8. The minimum absolute atomic E-state index is 0.0351. The fraction of sp³-hybridized carbons (Fsp3) is 0.333. The van der Waals surface area contributed by atoms with E-state index in [4.69, 9.17) is 15.5 Å². The van der Waals surface area contributed by atoms with Gasteiger partial charge in [0.05, 0.1) is 6.16 Å². The Bertz CT molecular complexity index is 406. The molecule has 8 heteroatoms. The van der Waals surface area contributed by atoms with Gasteiger partial charge in [-0.2, -0.15) is 8.78 Å². The van der Waals surface area contributed by atoms with Gasteiger partial charge in [-0.05, 0) is 17.7 Å². The predicted octanol–water partition coefficient (Wildman–Crippen LogP) is 1.47. The SMILES string of the molecule is NC(CP(=O)(O)O)c1ccc(OC(F)F)cc1. The fourth-order valence-electron chi connectivity index (χ4n) is 1.26. The topological polar surface area (TPSA) is 92.8 Å². The quantitative estimate of drug-likeness (QED) is 0.702. The third-order valence-corrected chi connectivity index (χ3v) is 2.84. The van der Waals surface area contributed by atoms with Gasteiger partial charge in [0.15, 0.2) is 0 Å². The van der Waals surface area contributed by atoms with E-state index in [9.17, 15) is 13.3 Å². The Labute approximate surface area is 96.4 Å². The van der Waals surface area contributed by atoms with Gasteiger partial charge in [0.2, 0.25) is 0 Å². The molecule has 0 aliphatic heterocycles. The lowest BCUT2D eigenvalue weighted by Gasteiger charge is -2.13. The maximum Gasteiger partial charge on any atom is 0.387 e. The summed E-state index contributed by atoms with van der Waals surface area (Å²) in [5, 5.41) is 0. The number of rotatable bonds is 5. The van der Waals surface area contributed by atoms with E-state index < -0.39 is 26.4 Å². The molecule has 1 aromatic rings. The van der Waals surface area contributed by atoms with E-state index in [1.165, 1.54) is 24.3 Å². The molecule has 0 spiro atoms. The highest BCUT2D eigenvalue weighted by Crippen LogP contribution is 2.38. The Balaban J connectivity index is 2.70. The second-order valence-corrected chi connectivity index (χ2v) is 5.10. The van der Waals surface area contributed by atoms with E-state index in [1.807, 2.05) is 0 Å². The van der Waals surface area contributed by atoms with Gasteiger partial charge in [0, 0.05) is 6.04 Å². The molecular weight excluding hydrogens is 255 g/mol. The van der Waals surface area contributed by atoms with Crippen LogP contribution in [0.3, 0.4) is 0 Å². The highest BCUT2D eigenvalue weighted by molar-refractivity contribution is 7.51. The van der Waals surface area contributed by atoms with Gasteiger partial charge in [-0.15, -0.1) is 0 Å². The molecule has 0 fully saturated rings. The molecule has 0 amide bonds. The molecule has 0 bridgehead atoms. The van der Waals surface area contributed by atoms with Crippen LogP contribution in [0.15, 0.2) is 24.3 Å². The molecule has 0 aromatic heterocycles. The first-order chi connectivity index (χ1) is 7.78. The average molecular weight is 267 g/mol. The second-order valence-electron chi connectivity index (χ2n) is 3.40. The highest BCUT2D eigenvalue weighted by Gasteiger charge is 2.19. The monoisotopic (exact) mass is 267 g/mol. The van der Waals surface area contributed by atoms with Crippen molar-refractivity contribution in [2.75, 3.05) is 6.16 Å². The Morgan fingerprint density at radius 1 is 1.29 bits per heavy atom. The summed E-state index contributed by atoms with van der Waals surface area (Å²) in [6, 6.07) is 4.45. The van der Waals surface area contributed by atoms with Crippen molar-refractivity contribution in [3.63, 3.8) is 0 Å². The summed E-state index contributed by atoms with van der Waals surface area (Å²) in [6.07, 6.45) is -0.498. The van der Waals surface area contributed by atoms with Crippen LogP contribution in [0.25, 0.3) is 0 Å². The number of halogens is 2. The van der Waals surface area contributed by atoms with Gasteiger partial charge in [-0.1, -0.05) is 12.1 Å². The van der Waals surface area contributed by atoms with E-state index in [-0.39, 0.29) is 5.75 Å². The van der Waals surface area contributed by atoms with Crippen molar-refractivity contribution in [1.82, 2.24) is 0 Å². The summed E-state index contributed by atoms with van der Waals surface area (Å²) in [5.74, 6) is -0.0351. The van der Waals surface area contributed by atoms with Gasteiger partial charge < -0.3 is 20.3 Å². The maximum absolute atomic E-state index is 11.9. The summed E-state index contributed by atoms with van der Waals surface area (Å²) < 4.78 is 38.5. The van der Waals surface area contributed by atoms with Crippen molar-refractivity contribution < 1.29 is 27.9 Å². The molecule has 1 atom stereocenters. The average Bonchev–Trinajstić information content (AvgIpc) is 2.15. The van der Waals surface area contributed by atoms with Crippen molar-refractivity contribution in [2.45, 2.75) is 12.7 Å². The van der Waals surface area contributed by atoms with E-state index in [2.05, 4.69) is 4.74 Å². The summed E-state index contributed by atoms with van der Waals surface area (Å²) in [4.78, 5) is 17.5. The molecule has 5 nitrogen and oxygen atoms in total. The van der Waals surface area contributed by atoms with Gasteiger partial charge in [0.25, 0.3) is 0 Å². The molecular formula is C9H12F2NO4P. The summed E-state index contributed by atoms with van der Waals surface area (Å²) in [5.41, 5.74) is 5.99. The zero-order valence-electron chi connectivity index (χ0n) is 8.66. The van der Waals surface area contributed by atoms with E-state index >= 15 is 0 Å². The summed E-state index contributed by atoms with van der Waals surface area (Å²) >= 11 is 0. The van der Waals surface area contributed by atoms with Gasteiger partial charge in [-0.3, -0.25) is 4.57 Å². The Morgan fingerprint density at radius 3 is 2.24 bits per heavy atom. The fourth-order valence-corrected chi connectivity index (χ4v) is 1.98. The van der Waals surface area contributed by atoms with Crippen LogP contribution in [0, 0.1) is 0 Å². The van der Waals surface area contributed by atoms with Crippen molar-refractivity contribution >= 4 is 7.60 Å². The van der Waals surface area contributed by atoms with Crippen LogP contribution < -0.4 is 10.5 Å². The van der Waals surface area contributed by atoms with E-state index in [1.54, 1.807) is 0 Å². The van der Waals surface area contributed by atoms with Gasteiger partial charge >= 0.3 is 14.2 Å². The molecule has 17 heavy (non-hydrogen) atoms. The lowest BCUT2D eigenvalue weighted by molar-refractivity contribution is -0.0498. The van der Waals surface area contributed by atoms with Crippen molar-refractivity contribution in [3.8, 4) is 5.75 Å². The largest absolute Gasteiger partial charge is 0.435 e. The van der Waals surface area contributed by atoms with Crippen LogP contribution >= 0.6 is 7.60 Å². The minimum Gasteiger partial charge on any atom is -0.435 e. The predicted molar refractivity (Wildman–Crippen MR) is 56.9 cm³/mol. The maximum atomic E-state index is 11.9. The second kappa shape index (κ2) is 5.55. The number of nitrogens with two attached hydrogens (primary N) is 1. The molecule has 1 rings (SSSR count). The highest BCUT2D eigenvalue weighted by atomic mass is 31.2. The van der Waals surface area contributed by atoms with Crippen LogP contribution in [0.1, 0.15) is 11.6 Å². The minimum atomic E-state index is -4.20. The lowest BCUT2D eigenvalue weighted by atomic mass is 10.1. The lowest BCUT2D eigenvalue weighted by Crippen LogP contribution is -2.15. The molecule has 0 radical (unpaired) electrons. The van der Waals surface area contributed by atoms with Crippen molar-refractivity contribution in [3.05, 3.63) is 29.8 Å². The van der Waals surface area contributed by atoms with E-state index in [0.717, 1.165) is 0 Å². The smallest absolute Gasteiger partial charge is 0.387 e. The molecule has 0 aliphatic rings.